The molecule has 32 heavy (non-hydrogen) atoms. The first-order chi connectivity index (χ1) is 15.4. The predicted molar refractivity (Wildman–Crippen MR) is 140 cm³/mol. The fourth-order valence-corrected chi connectivity index (χ4v) is 5.07. The number of hydrogen-bond donors (Lipinski definition) is 0. The van der Waals surface area contributed by atoms with Crippen LogP contribution in [0, 0.1) is 0 Å². The van der Waals surface area contributed by atoms with Gasteiger partial charge in [0.15, 0.2) is 0 Å². The van der Waals surface area contributed by atoms with Gasteiger partial charge in [-0.2, -0.15) is 0 Å². The summed E-state index contributed by atoms with van der Waals surface area (Å²) >= 11 is 0. The number of rotatable bonds is 4. The van der Waals surface area contributed by atoms with Crippen molar-refractivity contribution in [2.24, 2.45) is 0 Å². The summed E-state index contributed by atoms with van der Waals surface area (Å²) in [4.78, 5) is 6.57. The van der Waals surface area contributed by atoms with E-state index in [4.69, 9.17) is 0 Å². The summed E-state index contributed by atoms with van der Waals surface area (Å²) < 4.78 is 0. The lowest BCUT2D eigenvalue weighted by atomic mass is 9.85. The standard InChI is InChI=1S/C29H31N3/c1-30(2)19-11-13-24-26(17-19)27-18-20(31(3)4)12-14-25(27)29(24)23-15-16-28(32(5)6)22-10-8-7-9-21(22)23/h7-18,29H,1-6H3. The molecule has 0 fully saturated rings. The monoisotopic (exact) mass is 421 g/mol. The van der Waals surface area contributed by atoms with Crippen molar-refractivity contribution in [2.45, 2.75) is 5.92 Å². The zero-order chi connectivity index (χ0) is 22.6. The Kier molecular flexibility index (Phi) is 4.85. The van der Waals surface area contributed by atoms with Crippen LogP contribution in [0.2, 0.25) is 0 Å². The van der Waals surface area contributed by atoms with E-state index < -0.39 is 0 Å². The molecule has 162 valence electrons. The molecular weight excluding hydrogens is 390 g/mol. The molecule has 0 N–H and O–H groups in total. The van der Waals surface area contributed by atoms with E-state index in [1.165, 1.54) is 55.7 Å². The number of benzene rings is 4. The van der Waals surface area contributed by atoms with E-state index in [0.29, 0.717) is 0 Å². The maximum Gasteiger partial charge on any atom is 0.0440 e. The lowest BCUT2D eigenvalue weighted by Crippen LogP contribution is -2.10. The number of hydrogen-bond acceptors (Lipinski definition) is 3. The van der Waals surface area contributed by atoms with Gasteiger partial charge in [-0.05, 0) is 63.5 Å². The minimum absolute atomic E-state index is 0.230. The molecule has 0 atom stereocenters. The molecule has 4 aromatic rings. The number of anilines is 3. The number of fused-ring (bicyclic) bond motifs is 4. The van der Waals surface area contributed by atoms with Crippen LogP contribution in [0.4, 0.5) is 17.1 Å². The maximum atomic E-state index is 2.35. The lowest BCUT2D eigenvalue weighted by Gasteiger charge is -2.22. The van der Waals surface area contributed by atoms with E-state index in [2.05, 4.69) is 130 Å². The van der Waals surface area contributed by atoms with Crippen LogP contribution >= 0.6 is 0 Å². The molecule has 0 bridgehead atoms. The van der Waals surface area contributed by atoms with Crippen molar-refractivity contribution in [1.29, 1.82) is 0 Å². The van der Waals surface area contributed by atoms with Crippen LogP contribution in [-0.2, 0) is 0 Å². The summed E-state index contributed by atoms with van der Waals surface area (Å²) in [5.74, 6) is 0.230. The summed E-state index contributed by atoms with van der Waals surface area (Å²) in [7, 11) is 12.7. The third-order valence-corrected chi connectivity index (χ3v) is 6.75. The highest BCUT2D eigenvalue weighted by Gasteiger charge is 2.32. The van der Waals surface area contributed by atoms with Crippen LogP contribution in [0.15, 0.2) is 72.8 Å². The molecule has 5 rings (SSSR count). The van der Waals surface area contributed by atoms with E-state index in [9.17, 15) is 0 Å². The Bertz CT molecular complexity index is 1260. The van der Waals surface area contributed by atoms with Crippen molar-refractivity contribution >= 4 is 27.8 Å². The smallest absolute Gasteiger partial charge is 0.0440 e. The molecule has 0 aromatic heterocycles. The van der Waals surface area contributed by atoms with E-state index in [1.807, 2.05) is 0 Å². The molecule has 0 saturated heterocycles. The molecule has 0 saturated carbocycles. The van der Waals surface area contributed by atoms with Crippen molar-refractivity contribution < 1.29 is 0 Å². The average Bonchev–Trinajstić information content (AvgIpc) is 3.11. The zero-order valence-corrected chi connectivity index (χ0v) is 19.8. The second kappa shape index (κ2) is 7.59. The summed E-state index contributed by atoms with van der Waals surface area (Å²) in [5.41, 5.74) is 10.6. The Morgan fingerprint density at radius 1 is 0.500 bits per heavy atom. The van der Waals surface area contributed by atoms with Gasteiger partial charge in [-0.1, -0.05) is 42.5 Å². The van der Waals surface area contributed by atoms with Gasteiger partial charge < -0.3 is 14.7 Å². The Balaban J connectivity index is 1.80. The quantitative estimate of drug-likeness (QED) is 0.342. The molecular formula is C29H31N3. The molecule has 1 aliphatic rings. The minimum atomic E-state index is 0.230. The first-order valence-corrected chi connectivity index (χ1v) is 11.2. The molecule has 3 nitrogen and oxygen atoms in total. The largest absolute Gasteiger partial charge is 0.378 e. The van der Waals surface area contributed by atoms with E-state index in [1.54, 1.807) is 0 Å². The predicted octanol–water partition coefficient (Wildman–Crippen LogP) is 6.20. The Morgan fingerprint density at radius 2 is 1.00 bits per heavy atom. The van der Waals surface area contributed by atoms with Gasteiger partial charge >= 0.3 is 0 Å². The van der Waals surface area contributed by atoms with Crippen molar-refractivity contribution in [2.75, 3.05) is 57.0 Å². The SMILES string of the molecule is CN(C)c1ccc2c(c1)-c1cc(N(C)C)ccc1C2c1ccc(N(C)C)c2ccccc12. The van der Waals surface area contributed by atoms with Crippen LogP contribution in [0.1, 0.15) is 22.6 Å². The van der Waals surface area contributed by atoms with Crippen molar-refractivity contribution in [3.05, 3.63) is 89.5 Å². The molecule has 0 unspecified atom stereocenters. The van der Waals surface area contributed by atoms with Crippen LogP contribution in [-0.4, -0.2) is 42.3 Å². The minimum Gasteiger partial charge on any atom is -0.378 e. The third kappa shape index (κ3) is 3.12. The van der Waals surface area contributed by atoms with Crippen LogP contribution in [0.5, 0.6) is 0 Å². The molecule has 4 aromatic carbocycles. The molecule has 3 heteroatoms. The van der Waals surface area contributed by atoms with Gasteiger partial charge in [-0.25, -0.2) is 0 Å². The second-order valence-corrected chi connectivity index (χ2v) is 9.38. The molecule has 0 spiro atoms. The average molecular weight is 422 g/mol. The van der Waals surface area contributed by atoms with Crippen LogP contribution in [0.25, 0.3) is 21.9 Å². The van der Waals surface area contributed by atoms with Crippen LogP contribution in [0.3, 0.4) is 0 Å². The highest BCUT2D eigenvalue weighted by Crippen LogP contribution is 2.51. The Labute approximate surface area is 191 Å². The van der Waals surface area contributed by atoms with Crippen molar-refractivity contribution in [3.8, 4) is 11.1 Å². The van der Waals surface area contributed by atoms with E-state index in [-0.39, 0.29) is 5.92 Å². The van der Waals surface area contributed by atoms with Gasteiger partial charge in [0.25, 0.3) is 0 Å². The van der Waals surface area contributed by atoms with Crippen LogP contribution < -0.4 is 14.7 Å². The van der Waals surface area contributed by atoms with Gasteiger partial charge in [0.2, 0.25) is 0 Å². The highest BCUT2D eigenvalue weighted by molar-refractivity contribution is 5.98. The third-order valence-electron chi connectivity index (χ3n) is 6.75. The van der Waals surface area contributed by atoms with Gasteiger partial charge in [-0.15, -0.1) is 0 Å². The molecule has 0 amide bonds. The topological polar surface area (TPSA) is 9.72 Å². The van der Waals surface area contributed by atoms with E-state index in [0.717, 1.165) is 0 Å². The van der Waals surface area contributed by atoms with Crippen molar-refractivity contribution in [3.63, 3.8) is 0 Å². The second-order valence-electron chi connectivity index (χ2n) is 9.38. The van der Waals surface area contributed by atoms with Gasteiger partial charge in [0.05, 0.1) is 0 Å². The fourth-order valence-electron chi connectivity index (χ4n) is 5.07. The highest BCUT2D eigenvalue weighted by atomic mass is 15.1. The molecule has 0 heterocycles. The van der Waals surface area contributed by atoms with Gasteiger partial charge in [-0.3, -0.25) is 0 Å². The summed E-state index contributed by atoms with van der Waals surface area (Å²) in [5, 5.41) is 2.63. The molecule has 0 radical (unpaired) electrons. The molecule has 0 aliphatic heterocycles. The fraction of sp³-hybridized carbons (Fsp3) is 0.241. The lowest BCUT2D eigenvalue weighted by molar-refractivity contribution is 1.02. The maximum absolute atomic E-state index is 2.35. The zero-order valence-electron chi connectivity index (χ0n) is 19.8. The number of nitrogens with zero attached hydrogens (tertiary/aromatic N) is 3. The summed E-state index contributed by atoms with van der Waals surface area (Å²) in [6, 6.07) is 27.3. The molecule has 1 aliphatic carbocycles. The van der Waals surface area contributed by atoms with Gasteiger partial charge in [0.1, 0.15) is 0 Å². The van der Waals surface area contributed by atoms with Crippen molar-refractivity contribution in [1.82, 2.24) is 0 Å². The first-order valence-electron chi connectivity index (χ1n) is 11.2. The Hall–Kier alpha value is -3.46. The Morgan fingerprint density at radius 3 is 1.50 bits per heavy atom. The summed E-state index contributed by atoms with van der Waals surface area (Å²) in [6.07, 6.45) is 0. The first kappa shape index (κ1) is 20.4. The van der Waals surface area contributed by atoms with Gasteiger partial charge in [0, 0.05) is 70.7 Å². The summed E-state index contributed by atoms with van der Waals surface area (Å²) in [6.45, 7) is 0. The van der Waals surface area contributed by atoms with E-state index >= 15 is 0 Å². The normalized spacial score (nSPS) is 12.6.